The molecular weight excluding hydrogens is 577 g/mol. The maximum Gasteiger partial charge on any atom is 0.409 e. The van der Waals surface area contributed by atoms with Gasteiger partial charge in [-0.1, -0.05) is 93.1 Å². The molecule has 3 rings (SSSR count). The van der Waals surface area contributed by atoms with Crippen LogP contribution >= 0.6 is 22.6 Å². The molecule has 0 aliphatic carbocycles. The molecule has 0 bridgehead atoms. The molecule has 37 heavy (non-hydrogen) atoms. The van der Waals surface area contributed by atoms with E-state index in [0.29, 0.717) is 13.2 Å². The number of rotatable bonds is 13. The molecule has 5 nitrogen and oxygen atoms in total. The van der Waals surface area contributed by atoms with Gasteiger partial charge >= 0.3 is 6.09 Å². The number of ether oxygens (including phenoxy) is 2. The zero-order chi connectivity index (χ0) is 26.7. The van der Waals surface area contributed by atoms with Crippen molar-refractivity contribution in [3.05, 3.63) is 105 Å². The van der Waals surface area contributed by atoms with Crippen LogP contribution in [0.25, 0.3) is 0 Å². The monoisotopic (exact) mass is 615 g/mol. The summed E-state index contributed by atoms with van der Waals surface area (Å²) in [5.41, 5.74) is 2.97. The first kappa shape index (κ1) is 29.1. The summed E-state index contributed by atoms with van der Waals surface area (Å²) in [6, 6.07) is 27.8. The number of aliphatic hydroxyl groups is 1. The van der Waals surface area contributed by atoms with Crippen molar-refractivity contribution in [3.63, 3.8) is 0 Å². The fraction of sp³-hybridized carbons (Fsp3) is 0.387. The van der Waals surface area contributed by atoms with Gasteiger partial charge < -0.3 is 19.5 Å². The Morgan fingerprint density at radius 1 is 0.946 bits per heavy atom. The first-order valence-corrected chi connectivity index (χ1v) is 13.8. The van der Waals surface area contributed by atoms with Crippen LogP contribution in [0.1, 0.15) is 55.7 Å². The van der Waals surface area contributed by atoms with Crippen LogP contribution in [0.3, 0.4) is 0 Å². The van der Waals surface area contributed by atoms with Crippen LogP contribution < -0.4 is 0 Å². The van der Waals surface area contributed by atoms with Gasteiger partial charge in [0.05, 0.1) is 6.61 Å². The average Bonchev–Trinajstić information content (AvgIpc) is 2.89. The van der Waals surface area contributed by atoms with Crippen molar-refractivity contribution in [3.8, 4) is 0 Å². The summed E-state index contributed by atoms with van der Waals surface area (Å²) in [4.78, 5) is 14.2. The third-order valence-corrected chi connectivity index (χ3v) is 7.11. The van der Waals surface area contributed by atoms with Crippen molar-refractivity contribution >= 4 is 28.7 Å². The number of hydrogen-bond donors (Lipinski definition) is 1. The van der Waals surface area contributed by atoms with Gasteiger partial charge in [-0.3, -0.25) is 0 Å². The first-order chi connectivity index (χ1) is 17.7. The van der Waals surface area contributed by atoms with Gasteiger partial charge in [0.2, 0.25) is 0 Å². The SMILES string of the molecule is CN(CC(C)(C)CCCC(c1cccc(I)c1)C(O)OCc1ccccc1)C(=O)OCc1ccccc1. The van der Waals surface area contributed by atoms with Crippen molar-refractivity contribution < 1.29 is 19.4 Å². The van der Waals surface area contributed by atoms with Crippen LogP contribution in [0.5, 0.6) is 0 Å². The number of amides is 1. The van der Waals surface area contributed by atoms with Crippen LogP contribution in [-0.2, 0) is 22.7 Å². The van der Waals surface area contributed by atoms with Gasteiger partial charge in [-0.25, -0.2) is 4.79 Å². The summed E-state index contributed by atoms with van der Waals surface area (Å²) in [7, 11) is 1.78. The number of carbonyl (C=O) groups is 1. The highest BCUT2D eigenvalue weighted by atomic mass is 127. The van der Waals surface area contributed by atoms with Crippen LogP contribution in [-0.4, -0.2) is 36.0 Å². The molecule has 1 amide bonds. The van der Waals surface area contributed by atoms with Crippen LogP contribution in [0.4, 0.5) is 4.79 Å². The second kappa shape index (κ2) is 14.5. The molecule has 198 valence electrons. The minimum absolute atomic E-state index is 0.105. The number of carbonyl (C=O) groups excluding carboxylic acids is 1. The molecule has 0 radical (unpaired) electrons. The van der Waals surface area contributed by atoms with E-state index in [-0.39, 0.29) is 24.0 Å². The topological polar surface area (TPSA) is 59.0 Å². The highest BCUT2D eigenvalue weighted by Gasteiger charge is 2.26. The highest BCUT2D eigenvalue weighted by molar-refractivity contribution is 14.1. The Morgan fingerprint density at radius 3 is 2.19 bits per heavy atom. The van der Waals surface area contributed by atoms with E-state index in [4.69, 9.17) is 9.47 Å². The largest absolute Gasteiger partial charge is 0.445 e. The van der Waals surface area contributed by atoms with E-state index in [1.54, 1.807) is 11.9 Å². The third kappa shape index (κ3) is 10.1. The van der Waals surface area contributed by atoms with E-state index in [1.165, 1.54) is 0 Å². The molecule has 0 saturated carbocycles. The van der Waals surface area contributed by atoms with E-state index in [0.717, 1.165) is 39.5 Å². The van der Waals surface area contributed by atoms with Crippen LogP contribution in [0.15, 0.2) is 84.9 Å². The molecule has 6 heteroatoms. The Balaban J connectivity index is 1.53. The van der Waals surface area contributed by atoms with Gasteiger partial charge in [0, 0.05) is 23.1 Å². The van der Waals surface area contributed by atoms with Gasteiger partial charge in [-0.05, 0) is 69.7 Å². The normalized spacial score (nSPS) is 13.1. The Labute approximate surface area is 234 Å². The number of halogens is 1. The van der Waals surface area contributed by atoms with E-state index < -0.39 is 6.29 Å². The van der Waals surface area contributed by atoms with Gasteiger partial charge in [0.15, 0.2) is 6.29 Å². The predicted octanol–water partition coefficient (Wildman–Crippen LogP) is 7.38. The Bertz CT molecular complexity index is 1090. The molecule has 0 aliphatic heterocycles. The molecule has 0 fully saturated rings. The summed E-state index contributed by atoms with van der Waals surface area (Å²) in [6.07, 6.45) is 1.34. The lowest BCUT2D eigenvalue weighted by atomic mass is 9.84. The molecule has 0 heterocycles. The summed E-state index contributed by atoms with van der Waals surface area (Å²) in [5, 5.41) is 11.0. The van der Waals surface area contributed by atoms with Crippen LogP contribution in [0.2, 0.25) is 0 Å². The lowest BCUT2D eigenvalue weighted by Gasteiger charge is -2.31. The van der Waals surface area contributed by atoms with E-state index in [2.05, 4.69) is 48.6 Å². The fourth-order valence-electron chi connectivity index (χ4n) is 4.50. The maximum atomic E-state index is 12.5. The third-order valence-electron chi connectivity index (χ3n) is 6.44. The molecule has 0 saturated heterocycles. The minimum Gasteiger partial charge on any atom is -0.445 e. The van der Waals surface area contributed by atoms with E-state index >= 15 is 0 Å². The molecule has 2 atom stereocenters. The molecule has 0 aromatic heterocycles. The lowest BCUT2D eigenvalue weighted by molar-refractivity contribution is -0.125. The van der Waals surface area contributed by atoms with Crippen molar-refractivity contribution in [2.24, 2.45) is 5.41 Å². The van der Waals surface area contributed by atoms with Gasteiger partial charge in [0.1, 0.15) is 6.61 Å². The molecule has 0 spiro atoms. The van der Waals surface area contributed by atoms with E-state index in [9.17, 15) is 9.90 Å². The fourth-order valence-corrected chi connectivity index (χ4v) is 5.07. The van der Waals surface area contributed by atoms with Crippen LogP contribution in [0, 0.1) is 8.99 Å². The molecule has 3 aromatic carbocycles. The van der Waals surface area contributed by atoms with Gasteiger partial charge in [-0.15, -0.1) is 0 Å². The smallest absolute Gasteiger partial charge is 0.409 e. The zero-order valence-electron chi connectivity index (χ0n) is 22.0. The van der Waals surface area contributed by atoms with Crippen molar-refractivity contribution in [1.82, 2.24) is 4.90 Å². The number of benzene rings is 3. The number of nitrogens with zero attached hydrogens (tertiary/aromatic N) is 1. The Kier molecular flexibility index (Phi) is 11.4. The number of aliphatic hydroxyl groups excluding tert-OH is 1. The molecule has 1 N–H and O–H groups in total. The molecular formula is C31H38INO4. The van der Waals surface area contributed by atoms with Crippen molar-refractivity contribution in [2.75, 3.05) is 13.6 Å². The highest BCUT2D eigenvalue weighted by Crippen LogP contribution is 2.32. The lowest BCUT2D eigenvalue weighted by Crippen LogP contribution is -2.36. The minimum atomic E-state index is -0.905. The predicted molar refractivity (Wildman–Crippen MR) is 156 cm³/mol. The Hall–Kier alpha value is -2.42. The second-order valence-electron chi connectivity index (χ2n) is 10.3. The average molecular weight is 616 g/mol. The van der Waals surface area contributed by atoms with Crippen molar-refractivity contribution in [1.29, 1.82) is 0 Å². The molecule has 0 aliphatic rings. The van der Waals surface area contributed by atoms with Gasteiger partial charge in [-0.2, -0.15) is 0 Å². The second-order valence-corrected chi connectivity index (χ2v) is 11.5. The first-order valence-electron chi connectivity index (χ1n) is 12.7. The summed E-state index contributed by atoms with van der Waals surface area (Å²) >= 11 is 2.30. The standard InChI is InChI=1S/C31H38INO4/c1-31(2,23-33(3)30(35)37-22-25-14-8-5-9-15-25)19-11-18-28(26-16-10-17-27(32)20-26)29(34)36-21-24-12-6-4-7-13-24/h4-10,12-17,20,28-29,34H,11,18-19,21-23H2,1-3H3. The Morgan fingerprint density at radius 2 is 1.57 bits per heavy atom. The maximum absolute atomic E-state index is 12.5. The quantitative estimate of drug-likeness (QED) is 0.161. The number of hydrogen-bond acceptors (Lipinski definition) is 4. The molecule has 2 unspecified atom stereocenters. The van der Waals surface area contributed by atoms with E-state index in [1.807, 2.05) is 72.8 Å². The summed E-state index contributed by atoms with van der Waals surface area (Å²) in [5.74, 6) is -0.136. The zero-order valence-corrected chi connectivity index (χ0v) is 24.1. The van der Waals surface area contributed by atoms with Gasteiger partial charge in [0.25, 0.3) is 0 Å². The summed E-state index contributed by atoms with van der Waals surface area (Å²) in [6.45, 7) is 5.54. The molecule has 3 aromatic rings. The summed E-state index contributed by atoms with van der Waals surface area (Å²) < 4.78 is 12.5. The van der Waals surface area contributed by atoms with Crippen molar-refractivity contribution in [2.45, 2.75) is 58.5 Å².